The Morgan fingerprint density at radius 2 is 1.87 bits per heavy atom. The maximum absolute atomic E-state index is 12.9. The van der Waals surface area contributed by atoms with Crippen molar-refractivity contribution in [2.24, 2.45) is 0 Å². The monoisotopic (exact) mass is 233 g/mol. The molecular weight excluding hydrogens is 224 g/mol. The van der Waals surface area contributed by atoms with E-state index in [1.165, 1.54) is 0 Å². The lowest BCUT2D eigenvalue weighted by molar-refractivity contribution is -0.0221. The molecule has 1 saturated heterocycles. The van der Waals surface area contributed by atoms with Gasteiger partial charge in [0, 0.05) is 25.9 Å². The molecule has 6 heteroatoms. The number of aromatic nitrogens is 2. The fourth-order valence-electron chi connectivity index (χ4n) is 1.54. The molecule has 0 N–H and O–H groups in total. The standard InChI is InChI=1S/C9H10ClF2N3/c10-7-1-2-8(14-13-7)15-5-3-9(11,12)4-6-15/h1-2H,3-6H2. The highest BCUT2D eigenvalue weighted by atomic mass is 35.5. The van der Waals surface area contributed by atoms with Crippen LogP contribution in [0.1, 0.15) is 12.8 Å². The minimum Gasteiger partial charge on any atom is -0.355 e. The first kappa shape index (κ1) is 10.5. The fraction of sp³-hybridized carbons (Fsp3) is 0.556. The van der Waals surface area contributed by atoms with Gasteiger partial charge in [-0.05, 0) is 12.1 Å². The molecule has 0 aliphatic carbocycles. The van der Waals surface area contributed by atoms with Crippen LogP contribution in [0.3, 0.4) is 0 Å². The van der Waals surface area contributed by atoms with E-state index in [-0.39, 0.29) is 12.8 Å². The molecule has 1 fully saturated rings. The summed E-state index contributed by atoms with van der Waals surface area (Å²) in [5.74, 6) is -1.93. The maximum atomic E-state index is 12.9. The molecule has 1 aromatic heterocycles. The lowest BCUT2D eigenvalue weighted by Crippen LogP contribution is -2.39. The lowest BCUT2D eigenvalue weighted by Gasteiger charge is -2.32. The molecule has 15 heavy (non-hydrogen) atoms. The van der Waals surface area contributed by atoms with Gasteiger partial charge < -0.3 is 4.90 Å². The zero-order chi connectivity index (χ0) is 10.9. The molecule has 0 radical (unpaired) electrons. The average Bonchev–Trinajstić information content (AvgIpc) is 2.20. The number of rotatable bonds is 1. The van der Waals surface area contributed by atoms with E-state index in [1.807, 2.05) is 0 Å². The molecule has 0 aromatic carbocycles. The highest BCUT2D eigenvalue weighted by Gasteiger charge is 2.34. The van der Waals surface area contributed by atoms with Crippen molar-refractivity contribution >= 4 is 17.4 Å². The van der Waals surface area contributed by atoms with Crippen molar-refractivity contribution in [1.29, 1.82) is 0 Å². The van der Waals surface area contributed by atoms with Crippen molar-refractivity contribution in [2.75, 3.05) is 18.0 Å². The Bertz CT molecular complexity index is 332. The molecular formula is C9H10ClF2N3. The first-order valence-corrected chi connectivity index (χ1v) is 5.07. The van der Waals surface area contributed by atoms with Gasteiger partial charge in [0.1, 0.15) is 0 Å². The van der Waals surface area contributed by atoms with Crippen LogP contribution in [0, 0.1) is 0 Å². The summed E-state index contributed by atoms with van der Waals surface area (Å²) in [7, 11) is 0. The second-order valence-electron chi connectivity index (χ2n) is 3.56. The quantitative estimate of drug-likeness (QED) is 0.746. The SMILES string of the molecule is FC1(F)CCN(c2ccc(Cl)nn2)CC1. The highest BCUT2D eigenvalue weighted by Crippen LogP contribution is 2.29. The topological polar surface area (TPSA) is 29.0 Å². The lowest BCUT2D eigenvalue weighted by atomic mass is 10.1. The zero-order valence-corrected chi connectivity index (χ0v) is 8.71. The Kier molecular flexibility index (Phi) is 2.73. The Morgan fingerprint density at radius 3 is 2.40 bits per heavy atom. The molecule has 0 spiro atoms. The Balaban J connectivity index is 2.04. The number of hydrogen-bond donors (Lipinski definition) is 0. The summed E-state index contributed by atoms with van der Waals surface area (Å²) in [6, 6.07) is 3.30. The molecule has 0 amide bonds. The molecule has 1 aromatic rings. The first-order valence-electron chi connectivity index (χ1n) is 4.69. The van der Waals surface area contributed by atoms with E-state index in [2.05, 4.69) is 10.2 Å². The summed E-state index contributed by atoms with van der Waals surface area (Å²) in [4.78, 5) is 1.79. The Morgan fingerprint density at radius 1 is 1.20 bits per heavy atom. The summed E-state index contributed by atoms with van der Waals surface area (Å²) in [6.07, 6.45) is -0.255. The second-order valence-corrected chi connectivity index (χ2v) is 3.94. The van der Waals surface area contributed by atoms with Gasteiger partial charge in [0.2, 0.25) is 0 Å². The number of halogens is 3. The fourth-order valence-corrected chi connectivity index (χ4v) is 1.64. The van der Waals surface area contributed by atoms with Gasteiger partial charge in [-0.15, -0.1) is 10.2 Å². The number of hydrogen-bond acceptors (Lipinski definition) is 3. The van der Waals surface area contributed by atoms with E-state index in [1.54, 1.807) is 17.0 Å². The van der Waals surface area contributed by atoms with Crippen LogP contribution in [-0.2, 0) is 0 Å². The van der Waals surface area contributed by atoms with E-state index >= 15 is 0 Å². The minimum absolute atomic E-state index is 0.128. The third-order valence-corrected chi connectivity index (χ3v) is 2.64. The van der Waals surface area contributed by atoms with Gasteiger partial charge in [-0.1, -0.05) is 11.6 Å². The van der Waals surface area contributed by atoms with Gasteiger partial charge >= 0.3 is 0 Å². The van der Waals surface area contributed by atoms with E-state index in [9.17, 15) is 8.78 Å². The minimum atomic E-state index is -2.53. The maximum Gasteiger partial charge on any atom is 0.251 e. The number of alkyl halides is 2. The van der Waals surface area contributed by atoms with Crippen molar-refractivity contribution < 1.29 is 8.78 Å². The predicted octanol–water partition coefficient (Wildman–Crippen LogP) is 2.37. The second kappa shape index (κ2) is 3.89. The summed E-state index contributed by atoms with van der Waals surface area (Å²) >= 11 is 5.58. The predicted molar refractivity (Wildman–Crippen MR) is 53.4 cm³/mol. The normalized spacial score (nSPS) is 20.3. The summed E-state index contributed by atoms with van der Waals surface area (Å²) < 4.78 is 25.7. The largest absolute Gasteiger partial charge is 0.355 e. The molecule has 2 heterocycles. The summed E-state index contributed by atoms with van der Waals surface area (Å²) in [5.41, 5.74) is 0. The zero-order valence-electron chi connectivity index (χ0n) is 7.96. The van der Waals surface area contributed by atoms with E-state index in [0.29, 0.717) is 24.1 Å². The third kappa shape index (κ3) is 2.53. The summed E-state index contributed by atoms with van der Waals surface area (Å²) in [6.45, 7) is 0.618. The van der Waals surface area contributed by atoms with Crippen LogP contribution in [-0.4, -0.2) is 29.2 Å². The van der Waals surface area contributed by atoms with Crippen molar-refractivity contribution in [3.63, 3.8) is 0 Å². The van der Waals surface area contributed by atoms with Gasteiger partial charge in [0.15, 0.2) is 11.0 Å². The summed E-state index contributed by atoms with van der Waals surface area (Å²) in [5, 5.41) is 7.83. The van der Waals surface area contributed by atoms with Crippen LogP contribution in [0.25, 0.3) is 0 Å². The van der Waals surface area contributed by atoms with Crippen LogP contribution in [0.4, 0.5) is 14.6 Å². The van der Waals surface area contributed by atoms with Gasteiger partial charge in [-0.3, -0.25) is 0 Å². The van der Waals surface area contributed by atoms with Gasteiger partial charge in [-0.2, -0.15) is 0 Å². The van der Waals surface area contributed by atoms with Gasteiger partial charge in [0.25, 0.3) is 5.92 Å². The molecule has 0 bridgehead atoms. The van der Waals surface area contributed by atoms with Crippen LogP contribution in [0.15, 0.2) is 12.1 Å². The van der Waals surface area contributed by atoms with E-state index < -0.39 is 5.92 Å². The average molecular weight is 234 g/mol. The number of anilines is 1. The van der Waals surface area contributed by atoms with Crippen LogP contribution < -0.4 is 4.90 Å². The third-order valence-electron chi connectivity index (χ3n) is 2.44. The molecule has 2 rings (SSSR count). The highest BCUT2D eigenvalue weighted by molar-refractivity contribution is 6.29. The Hall–Kier alpha value is -0.970. The first-order chi connectivity index (χ1) is 7.07. The molecule has 0 saturated carbocycles. The number of piperidine rings is 1. The molecule has 1 aliphatic heterocycles. The van der Waals surface area contributed by atoms with Crippen molar-refractivity contribution in [2.45, 2.75) is 18.8 Å². The van der Waals surface area contributed by atoms with E-state index in [0.717, 1.165) is 0 Å². The smallest absolute Gasteiger partial charge is 0.251 e. The van der Waals surface area contributed by atoms with Crippen molar-refractivity contribution in [3.8, 4) is 0 Å². The van der Waals surface area contributed by atoms with Gasteiger partial charge in [-0.25, -0.2) is 8.78 Å². The molecule has 82 valence electrons. The van der Waals surface area contributed by atoms with Gasteiger partial charge in [0.05, 0.1) is 0 Å². The molecule has 1 aliphatic rings. The van der Waals surface area contributed by atoms with Crippen LogP contribution in [0.5, 0.6) is 0 Å². The van der Waals surface area contributed by atoms with Crippen LogP contribution in [0.2, 0.25) is 5.15 Å². The van der Waals surface area contributed by atoms with E-state index in [4.69, 9.17) is 11.6 Å². The molecule has 0 unspecified atom stereocenters. The number of nitrogens with zero attached hydrogens (tertiary/aromatic N) is 3. The van der Waals surface area contributed by atoms with Crippen LogP contribution >= 0.6 is 11.6 Å². The van der Waals surface area contributed by atoms with Crippen molar-refractivity contribution in [1.82, 2.24) is 10.2 Å². The molecule has 3 nitrogen and oxygen atoms in total. The van der Waals surface area contributed by atoms with Crippen molar-refractivity contribution in [3.05, 3.63) is 17.3 Å². The Labute approximate surface area is 91.1 Å². The molecule has 0 atom stereocenters.